The molecule has 35 heavy (non-hydrogen) atoms. The van der Waals surface area contributed by atoms with Gasteiger partial charge in [-0.3, -0.25) is 9.20 Å². The number of aromatic nitrogens is 2. The minimum absolute atomic E-state index is 0.0698. The fourth-order valence-electron chi connectivity index (χ4n) is 4.77. The lowest BCUT2D eigenvalue weighted by Gasteiger charge is -2.30. The number of amides is 1. The van der Waals surface area contributed by atoms with Crippen LogP contribution < -0.4 is 15.5 Å². The average Bonchev–Trinajstić information content (AvgIpc) is 3.32. The Labute approximate surface area is 201 Å². The number of halogens is 3. The van der Waals surface area contributed by atoms with Gasteiger partial charge in [-0.25, -0.2) is 4.98 Å². The third kappa shape index (κ3) is 5.37. The summed E-state index contributed by atoms with van der Waals surface area (Å²) in [4.78, 5) is 18.7. The van der Waals surface area contributed by atoms with Crippen LogP contribution in [0.2, 0.25) is 0 Å². The molecule has 2 aromatic heterocycles. The highest BCUT2D eigenvalue weighted by Gasteiger charge is 2.34. The predicted octanol–water partition coefficient (Wildman–Crippen LogP) is 4.34. The Balaban J connectivity index is 1.14. The lowest BCUT2D eigenvalue weighted by Crippen LogP contribution is -2.40. The summed E-state index contributed by atoms with van der Waals surface area (Å²) in [5.41, 5.74) is 1.07. The number of pyridine rings is 1. The molecule has 3 heterocycles. The zero-order valence-electron chi connectivity index (χ0n) is 19.2. The molecule has 1 saturated carbocycles. The van der Waals surface area contributed by atoms with E-state index in [1.807, 2.05) is 24.3 Å². The van der Waals surface area contributed by atoms with E-state index in [1.54, 1.807) is 18.2 Å². The molecule has 5 rings (SSSR count). The molecule has 7 nitrogen and oxygen atoms in total. The van der Waals surface area contributed by atoms with Crippen LogP contribution in [-0.2, 0) is 10.9 Å². The van der Waals surface area contributed by atoms with Crippen molar-refractivity contribution in [2.45, 2.75) is 43.9 Å². The first-order valence-corrected chi connectivity index (χ1v) is 11.9. The van der Waals surface area contributed by atoms with Crippen LogP contribution in [-0.4, -0.2) is 53.7 Å². The molecule has 0 spiro atoms. The van der Waals surface area contributed by atoms with E-state index in [0.29, 0.717) is 24.6 Å². The quantitative estimate of drug-likeness (QED) is 0.560. The molecule has 10 heteroatoms. The molecule has 2 aliphatic rings. The van der Waals surface area contributed by atoms with Gasteiger partial charge in [-0.15, -0.1) is 0 Å². The number of anilines is 2. The molecular formula is C25H28F3N5O2. The Morgan fingerprint density at radius 1 is 0.971 bits per heavy atom. The molecule has 0 bridgehead atoms. The van der Waals surface area contributed by atoms with Crippen LogP contribution in [0.3, 0.4) is 0 Å². The second-order valence-electron chi connectivity index (χ2n) is 9.08. The molecule has 186 valence electrons. The monoisotopic (exact) mass is 487 g/mol. The largest absolute Gasteiger partial charge is 0.434 e. The maximum Gasteiger partial charge on any atom is 0.434 e. The molecular weight excluding hydrogens is 459 g/mol. The van der Waals surface area contributed by atoms with Crippen LogP contribution in [0.25, 0.3) is 5.65 Å². The Morgan fingerprint density at radius 2 is 1.66 bits per heavy atom. The minimum Gasteiger partial charge on any atom is -0.378 e. The molecule has 2 N–H and O–H groups in total. The van der Waals surface area contributed by atoms with Gasteiger partial charge >= 0.3 is 6.18 Å². The summed E-state index contributed by atoms with van der Waals surface area (Å²) in [7, 11) is 0. The number of morpholine rings is 1. The highest BCUT2D eigenvalue weighted by Crippen LogP contribution is 2.30. The maximum absolute atomic E-state index is 13.1. The van der Waals surface area contributed by atoms with Crippen molar-refractivity contribution in [2.24, 2.45) is 0 Å². The number of benzene rings is 1. The van der Waals surface area contributed by atoms with E-state index in [9.17, 15) is 18.0 Å². The number of fused-ring (bicyclic) bond motifs is 1. The normalized spacial score (nSPS) is 21.2. The van der Waals surface area contributed by atoms with Gasteiger partial charge in [-0.2, -0.15) is 13.2 Å². The second kappa shape index (κ2) is 9.77. The Bertz CT molecular complexity index is 1160. The van der Waals surface area contributed by atoms with Gasteiger partial charge in [-0.05, 0) is 62.1 Å². The van der Waals surface area contributed by atoms with Gasteiger partial charge in [0, 0.05) is 42.6 Å². The lowest BCUT2D eigenvalue weighted by molar-refractivity contribution is -0.140. The van der Waals surface area contributed by atoms with Crippen molar-refractivity contribution in [1.82, 2.24) is 14.7 Å². The molecule has 0 unspecified atom stereocenters. The Morgan fingerprint density at radius 3 is 2.34 bits per heavy atom. The van der Waals surface area contributed by atoms with Crippen molar-refractivity contribution >= 4 is 23.1 Å². The van der Waals surface area contributed by atoms with Gasteiger partial charge in [0.05, 0.1) is 13.2 Å². The van der Waals surface area contributed by atoms with Gasteiger partial charge in [0.2, 0.25) is 0 Å². The molecule has 1 aromatic carbocycles. The topological polar surface area (TPSA) is 70.9 Å². The van der Waals surface area contributed by atoms with Crippen LogP contribution in [0.4, 0.5) is 24.7 Å². The third-order valence-corrected chi connectivity index (χ3v) is 6.70. The number of carbonyl (C=O) groups excluding carboxylic acids is 1. The zero-order chi connectivity index (χ0) is 24.4. The van der Waals surface area contributed by atoms with Crippen LogP contribution in [0.1, 0.15) is 41.7 Å². The van der Waals surface area contributed by atoms with E-state index >= 15 is 0 Å². The lowest BCUT2D eigenvalue weighted by atomic mass is 9.91. The number of carbonyl (C=O) groups is 1. The summed E-state index contributed by atoms with van der Waals surface area (Å²) in [5.74, 6) is 0.496. The SMILES string of the molecule is O=C(N[C@H]1CC[C@@H](Nc2cccc3nc(C(F)(F)F)cn23)CC1)c1ccc(N2CCOCC2)cc1. The van der Waals surface area contributed by atoms with E-state index in [4.69, 9.17) is 4.74 Å². The molecule has 1 amide bonds. The second-order valence-corrected chi connectivity index (χ2v) is 9.08. The van der Waals surface area contributed by atoms with E-state index in [-0.39, 0.29) is 23.6 Å². The first kappa shape index (κ1) is 23.5. The fourth-order valence-corrected chi connectivity index (χ4v) is 4.77. The number of hydrogen-bond acceptors (Lipinski definition) is 5. The van der Waals surface area contributed by atoms with E-state index in [2.05, 4.69) is 20.5 Å². The molecule has 3 aromatic rings. The zero-order valence-corrected chi connectivity index (χ0v) is 19.2. The highest BCUT2D eigenvalue weighted by atomic mass is 19.4. The van der Waals surface area contributed by atoms with Gasteiger partial charge < -0.3 is 20.3 Å². The van der Waals surface area contributed by atoms with Crippen LogP contribution in [0.15, 0.2) is 48.7 Å². The number of nitrogens with zero attached hydrogens (tertiary/aromatic N) is 3. The standard InChI is InChI=1S/C25H28F3N5O2/c26-25(27,28)21-16-33-22(2-1-3-23(33)31-21)29-18-6-8-19(9-7-18)30-24(34)17-4-10-20(11-5-17)32-12-14-35-15-13-32/h1-5,10-11,16,18-19,29H,6-9,12-15H2,(H,30,34)/t18-,19+. The summed E-state index contributed by atoms with van der Waals surface area (Å²) in [5, 5.41) is 6.49. The summed E-state index contributed by atoms with van der Waals surface area (Å²) in [6, 6.07) is 12.8. The van der Waals surface area contributed by atoms with Crippen molar-refractivity contribution in [2.75, 3.05) is 36.5 Å². The molecule has 1 aliphatic carbocycles. The predicted molar refractivity (Wildman–Crippen MR) is 127 cm³/mol. The highest BCUT2D eigenvalue weighted by molar-refractivity contribution is 5.94. The number of hydrogen-bond donors (Lipinski definition) is 2. The number of rotatable bonds is 5. The van der Waals surface area contributed by atoms with Gasteiger partial charge in [0.1, 0.15) is 11.5 Å². The first-order valence-electron chi connectivity index (χ1n) is 11.9. The van der Waals surface area contributed by atoms with Crippen LogP contribution in [0.5, 0.6) is 0 Å². The number of nitrogens with one attached hydrogen (secondary N) is 2. The Hall–Kier alpha value is -3.27. The number of ether oxygens (including phenoxy) is 1. The summed E-state index contributed by atoms with van der Waals surface area (Å²) >= 11 is 0. The van der Waals surface area contributed by atoms with Gasteiger partial charge in [0.25, 0.3) is 5.91 Å². The van der Waals surface area contributed by atoms with Crippen molar-refractivity contribution in [3.63, 3.8) is 0 Å². The van der Waals surface area contributed by atoms with Crippen molar-refractivity contribution in [1.29, 1.82) is 0 Å². The van der Waals surface area contributed by atoms with Crippen LogP contribution in [0, 0.1) is 0 Å². The minimum atomic E-state index is -4.48. The van der Waals surface area contributed by atoms with Crippen molar-refractivity contribution in [3.8, 4) is 0 Å². The van der Waals surface area contributed by atoms with E-state index in [0.717, 1.165) is 50.7 Å². The Kier molecular flexibility index (Phi) is 6.55. The van der Waals surface area contributed by atoms with E-state index < -0.39 is 11.9 Å². The third-order valence-electron chi connectivity index (χ3n) is 6.70. The van der Waals surface area contributed by atoms with Crippen LogP contribution >= 0.6 is 0 Å². The fraction of sp³-hybridized carbons (Fsp3) is 0.440. The smallest absolute Gasteiger partial charge is 0.378 e. The number of imidazole rings is 1. The summed E-state index contributed by atoms with van der Waals surface area (Å²) in [6.07, 6.45) is -0.265. The van der Waals surface area contributed by atoms with Crippen molar-refractivity contribution in [3.05, 3.63) is 59.9 Å². The molecule has 2 fully saturated rings. The molecule has 1 aliphatic heterocycles. The van der Waals surface area contributed by atoms with Gasteiger partial charge in [0.15, 0.2) is 5.69 Å². The summed E-state index contributed by atoms with van der Waals surface area (Å²) < 4.78 is 46.0. The van der Waals surface area contributed by atoms with Crippen molar-refractivity contribution < 1.29 is 22.7 Å². The summed E-state index contributed by atoms with van der Waals surface area (Å²) in [6.45, 7) is 3.13. The molecule has 1 saturated heterocycles. The van der Waals surface area contributed by atoms with E-state index in [1.165, 1.54) is 4.40 Å². The number of alkyl halides is 3. The van der Waals surface area contributed by atoms with Gasteiger partial charge in [-0.1, -0.05) is 6.07 Å². The molecule has 0 radical (unpaired) electrons. The maximum atomic E-state index is 13.1. The first-order chi connectivity index (χ1) is 16.9. The average molecular weight is 488 g/mol. The molecule has 0 atom stereocenters.